The van der Waals surface area contributed by atoms with Crippen molar-refractivity contribution in [3.05, 3.63) is 35.9 Å². The number of aliphatic hydroxyl groups excluding tert-OH is 1. The molecule has 0 atom stereocenters. The minimum atomic E-state index is -0.129. The molecule has 0 aliphatic rings. The zero-order valence-electron chi connectivity index (χ0n) is 10.6. The summed E-state index contributed by atoms with van der Waals surface area (Å²) in [5.74, 6) is 0.635. The number of hydrogen-bond acceptors (Lipinski definition) is 3. The minimum absolute atomic E-state index is 0.129. The summed E-state index contributed by atoms with van der Waals surface area (Å²) in [5, 5.41) is 11.3. The van der Waals surface area contributed by atoms with E-state index in [1.807, 2.05) is 24.3 Å². The smallest absolute Gasteiger partial charge is 0.243 e. The molecule has 0 aliphatic heterocycles. The molecule has 4 heteroatoms. The van der Waals surface area contributed by atoms with Crippen molar-refractivity contribution in [3.8, 4) is 5.75 Å². The predicted octanol–water partition coefficient (Wildman–Crippen LogP) is 1.60. The molecule has 0 aliphatic carbocycles. The molecule has 1 aromatic rings. The highest BCUT2D eigenvalue weighted by molar-refractivity contribution is 5.91. The Morgan fingerprint density at radius 1 is 1.44 bits per heavy atom. The topological polar surface area (TPSA) is 58.6 Å². The molecule has 1 rings (SSSR count). The van der Waals surface area contributed by atoms with Crippen molar-refractivity contribution in [3.63, 3.8) is 0 Å². The maximum atomic E-state index is 11.4. The summed E-state index contributed by atoms with van der Waals surface area (Å²) in [6.45, 7) is 0.747. The van der Waals surface area contributed by atoms with Crippen LogP contribution in [-0.4, -0.2) is 31.3 Å². The number of rotatable bonds is 7. The monoisotopic (exact) mass is 249 g/mol. The van der Waals surface area contributed by atoms with Crippen LogP contribution < -0.4 is 10.1 Å². The summed E-state index contributed by atoms with van der Waals surface area (Å²) in [5.41, 5.74) is 0.917. The van der Waals surface area contributed by atoms with E-state index in [1.54, 1.807) is 13.2 Å². The first-order valence-corrected chi connectivity index (χ1v) is 5.97. The van der Waals surface area contributed by atoms with Crippen LogP contribution in [0.5, 0.6) is 5.75 Å². The molecule has 0 radical (unpaired) electrons. The van der Waals surface area contributed by atoms with E-state index in [-0.39, 0.29) is 12.5 Å². The third-order valence-electron chi connectivity index (χ3n) is 2.41. The number of carbonyl (C=O) groups is 1. The second kappa shape index (κ2) is 8.31. The highest BCUT2D eigenvalue weighted by Gasteiger charge is 1.95. The Hall–Kier alpha value is -1.81. The fraction of sp³-hybridized carbons (Fsp3) is 0.357. The Kier molecular flexibility index (Phi) is 6.58. The van der Waals surface area contributed by atoms with Crippen LogP contribution in [0.4, 0.5) is 0 Å². The Labute approximate surface area is 107 Å². The second-order valence-corrected chi connectivity index (χ2v) is 3.83. The van der Waals surface area contributed by atoms with E-state index in [4.69, 9.17) is 9.84 Å². The Morgan fingerprint density at radius 3 is 3.00 bits per heavy atom. The van der Waals surface area contributed by atoms with Gasteiger partial charge in [-0.2, -0.15) is 0 Å². The molecule has 18 heavy (non-hydrogen) atoms. The summed E-state index contributed by atoms with van der Waals surface area (Å²) in [6, 6.07) is 7.48. The van der Waals surface area contributed by atoms with Gasteiger partial charge in [-0.05, 0) is 36.6 Å². The molecule has 0 fully saturated rings. The van der Waals surface area contributed by atoms with Crippen LogP contribution in [0.3, 0.4) is 0 Å². The van der Waals surface area contributed by atoms with Crippen molar-refractivity contribution in [1.82, 2.24) is 5.32 Å². The molecule has 4 nitrogen and oxygen atoms in total. The molecule has 2 N–H and O–H groups in total. The lowest BCUT2D eigenvalue weighted by molar-refractivity contribution is -0.116. The Morgan fingerprint density at radius 2 is 2.28 bits per heavy atom. The average Bonchev–Trinajstić information content (AvgIpc) is 2.41. The SMILES string of the molecule is COc1cccc(/C=C/C(=O)NCCCCO)c1. The van der Waals surface area contributed by atoms with Crippen molar-refractivity contribution < 1.29 is 14.6 Å². The largest absolute Gasteiger partial charge is 0.497 e. The van der Waals surface area contributed by atoms with Crippen molar-refractivity contribution in [2.75, 3.05) is 20.3 Å². The van der Waals surface area contributed by atoms with Crippen LogP contribution >= 0.6 is 0 Å². The first kappa shape index (κ1) is 14.3. The number of amides is 1. The van der Waals surface area contributed by atoms with Gasteiger partial charge in [-0.3, -0.25) is 4.79 Å². The number of unbranched alkanes of at least 4 members (excludes halogenated alkanes) is 1. The molecule has 0 aromatic heterocycles. The van der Waals surface area contributed by atoms with Gasteiger partial charge in [-0.15, -0.1) is 0 Å². The zero-order chi connectivity index (χ0) is 13.2. The first-order chi connectivity index (χ1) is 8.76. The van der Waals surface area contributed by atoms with Gasteiger partial charge in [0.2, 0.25) is 5.91 Å². The fourth-order valence-corrected chi connectivity index (χ4v) is 1.42. The van der Waals surface area contributed by atoms with Crippen molar-refractivity contribution in [2.45, 2.75) is 12.8 Å². The van der Waals surface area contributed by atoms with Gasteiger partial charge < -0.3 is 15.2 Å². The number of carbonyl (C=O) groups excluding carboxylic acids is 1. The lowest BCUT2D eigenvalue weighted by Crippen LogP contribution is -2.22. The van der Waals surface area contributed by atoms with E-state index >= 15 is 0 Å². The molecule has 0 saturated carbocycles. The van der Waals surface area contributed by atoms with Crippen molar-refractivity contribution >= 4 is 12.0 Å². The lowest BCUT2D eigenvalue weighted by atomic mass is 10.2. The van der Waals surface area contributed by atoms with Crippen LogP contribution in [0, 0.1) is 0 Å². The van der Waals surface area contributed by atoms with Crippen LogP contribution in [0.15, 0.2) is 30.3 Å². The van der Waals surface area contributed by atoms with Gasteiger partial charge in [0, 0.05) is 19.2 Å². The number of methoxy groups -OCH3 is 1. The fourth-order valence-electron chi connectivity index (χ4n) is 1.42. The van der Waals surface area contributed by atoms with E-state index in [9.17, 15) is 4.79 Å². The number of hydrogen-bond donors (Lipinski definition) is 2. The lowest BCUT2D eigenvalue weighted by Gasteiger charge is -2.01. The predicted molar refractivity (Wildman–Crippen MR) is 71.4 cm³/mol. The summed E-state index contributed by atoms with van der Waals surface area (Å²) < 4.78 is 5.10. The van der Waals surface area contributed by atoms with Crippen molar-refractivity contribution in [1.29, 1.82) is 0 Å². The summed E-state index contributed by atoms with van der Waals surface area (Å²) >= 11 is 0. The van der Waals surface area contributed by atoms with E-state index in [2.05, 4.69) is 5.32 Å². The molecule has 1 amide bonds. The molecule has 98 valence electrons. The van der Waals surface area contributed by atoms with Gasteiger partial charge in [0.05, 0.1) is 7.11 Å². The van der Waals surface area contributed by atoms with Crippen LogP contribution in [0.25, 0.3) is 6.08 Å². The maximum Gasteiger partial charge on any atom is 0.243 e. The minimum Gasteiger partial charge on any atom is -0.497 e. The number of ether oxygens (including phenoxy) is 1. The third kappa shape index (κ3) is 5.50. The molecular weight excluding hydrogens is 230 g/mol. The molecule has 0 heterocycles. The zero-order valence-corrected chi connectivity index (χ0v) is 10.6. The van der Waals surface area contributed by atoms with E-state index < -0.39 is 0 Å². The highest BCUT2D eigenvalue weighted by atomic mass is 16.5. The third-order valence-corrected chi connectivity index (χ3v) is 2.41. The standard InChI is InChI=1S/C14H19NO3/c1-18-13-6-4-5-12(11-13)7-8-14(17)15-9-2-3-10-16/h4-8,11,16H,2-3,9-10H2,1H3,(H,15,17)/b8-7+. The molecule has 0 bridgehead atoms. The van der Waals surface area contributed by atoms with E-state index in [1.165, 1.54) is 6.08 Å². The summed E-state index contributed by atoms with van der Waals surface area (Å²) in [4.78, 5) is 11.4. The Bertz CT molecular complexity index is 402. The highest BCUT2D eigenvalue weighted by Crippen LogP contribution is 2.13. The van der Waals surface area contributed by atoms with Gasteiger partial charge >= 0.3 is 0 Å². The normalized spacial score (nSPS) is 10.6. The molecule has 1 aromatic carbocycles. The van der Waals surface area contributed by atoms with Crippen molar-refractivity contribution in [2.24, 2.45) is 0 Å². The van der Waals surface area contributed by atoms with Gasteiger partial charge in [0.15, 0.2) is 0 Å². The van der Waals surface area contributed by atoms with E-state index in [0.29, 0.717) is 13.0 Å². The van der Waals surface area contributed by atoms with Crippen LogP contribution in [0.1, 0.15) is 18.4 Å². The average molecular weight is 249 g/mol. The molecule has 0 saturated heterocycles. The van der Waals surface area contributed by atoms with E-state index in [0.717, 1.165) is 17.7 Å². The van der Waals surface area contributed by atoms with Gasteiger partial charge in [-0.1, -0.05) is 12.1 Å². The summed E-state index contributed by atoms with van der Waals surface area (Å²) in [7, 11) is 1.61. The van der Waals surface area contributed by atoms with Crippen LogP contribution in [0.2, 0.25) is 0 Å². The van der Waals surface area contributed by atoms with Gasteiger partial charge in [-0.25, -0.2) is 0 Å². The van der Waals surface area contributed by atoms with Crippen LogP contribution in [-0.2, 0) is 4.79 Å². The number of aliphatic hydroxyl groups is 1. The number of benzene rings is 1. The number of nitrogens with one attached hydrogen (secondary N) is 1. The molecule has 0 spiro atoms. The van der Waals surface area contributed by atoms with Gasteiger partial charge in [0.1, 0.15) is 5.75 Å². The summed E-state index contributed by atoms with van der Waals surface area (Å²) in [6.07, 6.45) is 4.73. The van der Waals surface area contributed by atoms with Gasteiger partial charge in [0.25, 0.3) is 0 Å². The first-order valence-electron chi connectivity index (χ1n) is 5.97. The molecular formula is C14H19NO3. The molecule has 0 unspecified atom stereocenters. The quantitative estimate of drug-likeness (QED) is 0.570. The Balaban J connectivity index is 2.40. The maximum absolute atomic E-state index is 11.4. The second-order valence-electron chi connectivity index (χ2n) is 3.83.